The average molecular weight is 387 g/mol. The van der Waals surface area contributed by atoms with Crippen LogP contribution in [0.1, 0.15) is 56.5 Å². The molecule has 28 heavy (non-hydrogen) atoms. The number of carbonyl (C=O) groups is 3. The molecule has 1 fully saturated rings. The van der Waals surface area contributed by atoms with Crippen molar-refractivity contribution in [2.45, 2.75) is 58.6 Å². The van der Waals surface area contributed by atoms with E-state index in [9.17, 15) is 14.4 Å². The van der Waals surface area contributed by atoms with Gasteiger partial charge in [0.25, 0.3) is 5.91 Å². The molecule has 1 saturated heterocycles. The van der Waals surface area contributed by atoms with Gasteiger partial charge in [-0.2, -0.15) is 0 Å². The van der Waals surface area contributed by atoms with Gasteiger partial charge in [0, 0.05) is 43.9 Å². The zero-order valence-corrected chi connectivity index (χ0v) is 17.1. The zero-order chi connectivity index (χ0) is 20.5. The van der Waals surface area contributed by atoms with Crippen molar-refractivity contribution in [3.63, 3.8) is 0 Å². The van der Waals surface area contributed by atoms with Crippen LogP contribution < -0.4 is 10.2 Å². The molecule has 1 aromatic carbocycles. The lowest BCUT2D eigenvalue weighted by Gasteiger charge is -2.33. The predicted octanol–water partition coefficient (Wildman–Crippen LogP) is 2.72. The van der Waals surface area contributed by atoms with Crippen molar-refractivity contribution < 1.29 is 19.1 Å². The number of nitrogens with one attached hydrogen (secondary N) is 1. The predicted molar refractivity (Wildman–Crippen MR) is 106 cm³/mol. The van der Waals surface area contributed by atoms with Crippen LogP contribution in [0.25, 0.3) is 0 Å². The molecule has 2 heterocycles. The molecule has 3 amide bonds. The lowest BCUT2D eigenvalue weighted by molar-refractivity contribution is -0.116. The Bertz CT molecular complexity index is 776. The maximum Gasteiger partial charge on any atom is 0.407 e. The number of hydrogen-bond acceptors (Lipinski definition) is 4. The van der Waals surface area contributed by atoms with Gasteiger partial charge in [-0.3, -0.25) is 9.59 Å². The van der Waals surface area contributed by atoms with Crippen LogP contribution in [0.2, 0.25) is 0 Å². The number of benzene rings is 1. The van der Waals surface area contributed by atoms with E-state index in [0.717, 1.165) is 17.7 Å². The van der Waals surface area contributed by atoms with Gasteiger partial charge in [-0.05, 0) is 63.8 Å². The van der Waals surface area contributed by atoms with E-state index in [4.69, 9.17) is 4.74 Å². The van der Waals surface area contributed by atoms with Crippen molar-refractivity contribution in [2.24, 2.45) is 0 Å². The van der Waals surface area contributed by atoms with E-state index in [1.807, 2.05) is 37.8 Å². The fourth-order valence-electron chi connectivity index (χ4n) is 3.75. The summed E-state index contributed by atoms with van der Waals surface area (Å²) in [5.74, 6) is 0.0252. The first-order chi connectivity index (χ1) is 13.1. The Hall–Kier alpha value is -2.57. The van der Waals surface area contributed by atoms with E-state index in [1.165, 1.54) is 0 Å². The highest BCUT2D eigenvalue weighted by Crippen LogP contribution is 2.29. The van der Waals surface area contributed by atoms with Crippen LogP contribution >= 0.6 is 0 Å². The smallest absolute Gasteiger partial charge is 0.407 e. The van der Waals surface area contributed by atoms with Crippen LogP contribution in [0.3, 0.4) is 0 Å². The average Bonchev–Trinajstić information content (AvgIpc) is 3.03. The van der Waals surface area contributed by atoms with E-state index in [1.54, 1.807) is 17.9 Å². The summed E-state index contributed by atoms with van der Waals surface area (Å²) in [5, 5.41) is 2.89. The topological polar surface area (TPSA) is 79.0 Å². The number of alkyl carbamates (subject to hydrolysis) is 1. The third-order valence-electron chi connectivity index (χ3n) is 5.11. The number of ether oxygens (including phenoxy) is 1. The third-order valence-corrected chi connectivity index (χ3v) is 5.11. The Morgan fingerprint density at radius 3 is 2.39 bits per heavy atom. The molecule has 0 bridgehead atoms. The van der Waals surface area contributed by atoms with Crippen molar-refractivity contribution in [1.29, 1.82) is 0 Å². The molecular weight excluding hydrogens is 358 g/mol. The molecule has 0 aliphatic carbocycles. The summed E-state index contributed by atoms with van der Waals surface area (Å²) in [6.45, 7) is 8.92. The first-order valence-electron chi connectivity index (χ1n) is 9.84. The van der Waals surface area contributed by atoms with Crippen LogP contribution in [0, 0.1) is 0 Å². The monoisotopic (exact) mass is 387 g/mol. The maximum atomic E-state index is 12.9. The summed E-state index contributed by atoms with van der Waals surface area (Å²) in [4.78, 5) is 40.0. The fourth-order valence-corrected chi connectivity index (χ4v) is 3.75. The van der Waals surface area contributed by atoms with Gasteiger partial charge in [0.15, 0.2) is 0 Å². The number of piperidine rings is 1. The summed E-state index contributed by atoms with van der Waals surface area (Å²) in [6.07, 6.45) is 1.77. The van der Waals surface area contributed by atoms with Crippen molar-refractivity contribution in [3.8, 4) is 0 Å². The lowest BCUT2D eigenvalue weighted by Crippen LogP contribution is -2.47. The van der Waals surface area contributed by atoms with Gasteiger partial charge in [-0.1, -0.05) is 0 Å². The number of amides is 3. The summed E-state index contributed by atoms with van der Waals surface area (Å²) >= 11 is 0. The number of fused-ring (bicyclic) bond motifs is 1. The Kier molecular flexibility index (Phi) is 5.63. The van der Waals surface area contributed by atoms with Crippen LogP contribution in [0.4, 0.5) is 10.5 Å². The zero-order valence-electron chi connectivity index (χ0n) is 17.1. The molecule has 3 rings (SSSR count). The largest absolute Gasteiger partial charge is 0.444 e. The molecule has 0 aromatic heterocycles. The van der Waals surface area contributed by atoms with Gasteiger partial charge in [-0.15, -0.1) is 0 Å². The quantitative estimate of drug-likeness (QED) is 0.846. The van der Waals surface area contributed by atoms with Crippen LogP contribution in [-0.2, 0) is 16.0 Å². The SMILES string of the molecule is CC(=O)N1CCc2cc(C(=O)N3CCC(NC(=O)OC(C)(C)C)CC3)ccc21. The van der Waals surface area contributed by atoms with E-state index in [2.05, 4.69) is 5.32 Å². The molecule has 0 spiro atoms. The Balaban J connectivity index is 1.56. The Morgan fingerprint density at radius 1 is 1.11 bits per heavy atom. The van der Waals surface area contributed by atoms with Gasteiger partial charge < -0.3 is 19.9 Å². The van der Waals surface area contributed by atoms with E-state index in [0.29, 0.717) is 38.0 Å². The first kappa shape index (κ1) is 20.2. The molecule has 7 nitrogen and oxygen atoms in total. The number of hydrogen-bond donors (Lipinski definition) is 1. The van der Waals surface area contributed by atoms with Gasteiger partial charge in [-0.25, -0.2) is 4.79 Å². The lowest BCUT2D eigenvalue weighted by atomic mass is 10.0. The molecule has 1 aromatic rings. The highest BCUT2D eigenvalue weighted by molar-refractivity contribution is 5.98. The van der Waals surface area contributed by atoms with Crippen molar-refractivity contribution in [3.05, 3.63) is 29.3 Å². The number of likely N-dealkylation sites (tertiary alicyclic amines) is 1. The summed E-state index contributed by atoms with van der Waals surface area (Å²) < 4.78 is 5.29. The van der Waals surface area contributed by atoms with E-state index >= 15 is 0 Å². The number of nitrogens with zero attached hydrogens (tertiary/aromatic N) is 2. The van der Waals surface area contributed by atoms with Crippen LogP contribution in [-0.4, -0.2) is 54.1 Å². The molecule has 2 aliphatic rings. The fraction of sp³-hybridized carbons (Fsp3) is 0.571. The highest BCUT2D eigenvalue weighted by atomic mass is 16.6. The van der Waals surface area contributed by atoms with Gasteiger partial charge in [0.05, 0.1) is 0 Å². The van der Waals surface area contributed by atoms with Crippen LogP contribution in [0.15, 0.2) is 18.2 Å². The van der Waals surface area contributed by atoms with E-state index in [-0.39, 0.29) is 17.9 Å². The molecule has 2 aliphatic heterocycles. The first-order valence-corrected chi connectivity index (χ1v) is 9.84. The Morgan fingerprint density at radius 2 is 1.79 bits per heavy atom. The van der Waals surface area contributed by atoms with Gasteiger partial charge in [0.1, 0.15) is 5.60 Å². The summed E-state index contributed by atoms with van der Waals surface area (Å²) in [5.41, 5.74) is 2.08. The summed E-state index contributed by atoms with van der Waals surface area (Å²) in [6, 6.07) is 5.59. The molecule has 1 N–H and O–H groups in total. The maximum absolute atomic E-state index is 12.9. The molecule has 0 radical (unpaired) electrons. The molecule has 7 heteroatoms. The van der Waals surface area contributed by atoms with Crippen molar-refractivity contribution in [2.75, 3.05) is 24.5 Å². The number of carbonyl (C=O) groups excluding carboxylic acids is 3. The standard InChI is InChI=1S/C21H29N3O4/c1-14(25)24-12-7-15-13-16(5-6-18(15)24)19(26)23-10-8-17(9-11-23)22-20(27)28-21(2,3)4/h5-6,13,17H,7-12H2,1-4H3,(H,22,27). The summed E-state index contributed by atoms with van der Waals surface area (Å²) in [7, 11) is 0. The minimum absolute atomic E-state index is 0.000192. The highest BCUT2D eigenvalue weighted by Gasteiger charge is 2.28. The van der Waals surface area contributed by atoms with Gasteiger partial charge >= 0.3 is 6.09 Å². The second-order valence-corrected chi connectivity index (χ2v) is 8.48. The minimum atomic E-state index is -0.522. The van der Waals surface area contributed by atoms with Crippen molar-refractivity contribution >= 4 is 23.6 Å². The third kappa shape index (κ3) is 4.64. The second-order valence-electron chi connectivity index (χ2n) is 8.48. The molecule has 0 unspecified atom stereocenters. The molecule has 0 saturated carbocycles. The minimum Gasteiger partial charge on any atom is -0.444 e. The normalized spacial score (nSPS) is 17.3. The molecule has 152 valence electrons. The number of rotatable bonds is 2. The Labute approximate surface area is 166 Å². The number of anilines is 1. The van der Waals surface area contributed by atoms with E-state index < -0.39 is 11.7 Å². The molecule has 0 atom stereocenters. The second kappa shape index (κ2) is 7.81. The van der Waals surface area contributed by atoms with Gasteiger partial charge in [0.2, 0.25) is 5.91 Å². The van der Waals surface area contributed by atoms with Crippen molar-refractivity contribution in [1.82, 2.24) is 10.2 Å². The van der Waals surface area contributed by atoms with Crippen LogP contribution in [0.5, 0.6) is 0 Å². The molecular formula is C21H29N3O4.